The molecule has 1 amide bonds. The predicted molar refractivity (Wildman–Crippen MR) is 85.9 cm³/mol. The van der Waals surface area contributed by atoms with Gasteiger partial charge in [-0.2, -0.15) is 0 Å². The zero-order chi connectivity index (χ0) is 17.1. The van der Waals surface area contributed by atoms with Gasteiger partial charge in [0.15, 0.2) is 0 Å². The fraction of sp³-hybridized carbons (Fsp3) is 0.438. The van der Waals surface area contributed by atoms with Gasteiger partial charge in [-0.05, 0) is 25.8 Å². The molecule has 0 saturated heterocycles. The number of aryl methyl sites for hydroxylation is 1. The van der Waals surface area contributed by atoms with Crippen molar-refractivity contribution >= 4 is 17.6 Å². The highest BCUT2D eigenvalue weighted by atomic mass is 16.6. The standard InChI is InChI=1S/C16H18N4O4/c1-10-7-8-12(9-13(10)20(22)23)14(21)17-16-19-18-15(24-16)11-5-3-2-4-6-11/h7-9,11H,2-6H2,1H3,(H,17,19,21). The van der Waals surface area contributed by atoms with Crippen molar-refractivity contribution in [3.8, 4) is 0 Å². The number of carbonyl (C=O) groups is 1. The van der Waals surface area contributed by atoms with Gasteiger partial charge in [-0.3, -0.25) is 20.2 Å². The van der Waals surface area contributed by atoms with Crippen LogP contribution in [0.25, 0.3) is 0 Å². The summed E-state index contributed by atoms with van der Waals surface area (Å²) in [5.41, 5.74) is 0.565. The predicted octanol–water partition coefficient (Wildman–Crippen LogP) is 3.59. The summed E-state index contributed by atoms with van der Waals surface area (Å²) < 4.78 is 5.53. The van der Waals surface area contributed by atoms with Crippen LogP contribution < -0.4 is 5.32 Å². The van der Waals surface area contributed by atoms with Crippen molar-refractivity contribution in [3.63, 3.8) is 0 Å². The molecule has 8 nitrogen and oxygen atoms in total. The molecule has 0 atom stereocenters. The summed E-state index contributed by atoms with van der Waals surface area (Å²) in [5, 5.41) is 21.3. The van der Waals surface area contributed by atoms with E-state index in [1.807, 2.05) is 0 Å². The molecular weight excluding hydrogens is 312 g/mol. The Morgan fingerprint density at radius 1 is 1.29 bits per heavy atom. The van der Waals surface area contributed by atoms with Gasteiger partial charge in [0.2, 0.25) is 5.89 Å². The van der Waals surface area contributed by atoms with E-state index >= 15 is 0 Å². The first-order valence-corrected chi connectivity index (χ1v) is 7.94. The van der Waals surface area contributed by atoms with Crippen LogP contribution in [-0.2, 0) is 0 Å². The Bertz CT molecular complexity index is 765. The topological polar surface area (TPSA) is 111 Å². The average molecular weight is 330 g/mol. The molecule has 1 fully saturated rings. The lowest BCUT2D eigenvalue weighted by Gasteiger charge is -2.17. The van der Waals surface area contributed by atoms with Crippen LogP contribution in [0.5, 0.6) is 0 Å². The smallest absolute Gasteiger partial charge is 0.322 e. The Morgan fingerprint density at radius 3 is 2.75 bits per heavy atom. The molecular formula is C16H18N4O4. The number of amides is 1. The largest absolute Gasteiger partial charge is 0.408 e. The van der Waals surface area contributed by atoms with Crippen LogP contribution in [0.2, 0.25) is 0 Å². The number of aromatic nitrogens is 2. The van der Waals surface area contributed by atoms with E-state index < -0.39 is 10.8 Å². The fourth-order valence-corrected chi connectivity index (χ4v) is 2.92. The maximum absolute atomic E-state index is 12.2. The zero-order valence-corrected chi connectivity index (χ0v) is 13.3. The average Bonchev–Trinajstić information content (AvgIpc) is 3.04. The first-order valence-electron chi connectivity index (χ1n) is 7.94. The van der Waals surface area contributed by atoms with Gasteiger partial charge in [0.25, 0.3) is 11.6 Å². The monoisotopic (exact) mass is 330 g/mol. The number of nitro groups is 1. The number of nitrogens with zero attached hydrogens (tertiary/aromatic N) is 3. The van der Waals surface area contributed by atoms with Crippen LogP contribution in [0.4, 0.5) is 11.7 Å². The van der Waals surface area contributed by atoms with Crippen molar-refractivity contribution < 1.29 is 14.1 Å². The molecule has 0 spiro atoms. The van der Waals surface area contributed by atoms with Crippen LogP contribution in [0.1, 0.15) is 59.8 Å². The van der Waals surface area contributed by atoms with Gasteiger partial charge in [0, 0.05) is 23.1 Å². The Balaban J connectivity index is 1.72. The number of nitro benzene ring substituents is 1. The van der Waals surface area contributed by atoms with E-state index in [0.717, 1.165) is 25.7 Å². The quantitative estimate of drug-likeness (QED) is 0.677. The minimum absolute atomic E-state index is 0.0174. The van der Waals surface area contributed by atoms with E-state index in [4.69, 9.17) is 4.42 Å². The Kier molecular flexibility index (Phi) is 4.54. The number of carbonyl (C=O) groups excluding carboxylic acids is 1. The third kappa shape index (κ3) is 3.42. The summed E-state index contributed by atoms with van der Waals surface area (Å²) in [6.07, 6.45) is 5.53. The summed E-state index contributed by atoms with van der Waals surface area (Å²) >= 11 is 0. The molecule has 8 heteroatoms. The maximum atomic E-state index is 12.2. The van der Waals surface area contributed by atoms with Gasteiger partial charge in [-0.25, -0.2) is 0 Å². The fourth-order valence-electron chi connectivity index (χ4n) is 2.92. The van der Waals surface area contributed by atoms with E-state index in [2.05, 4.69) is 15.5 Å². The van der Waals surface area contributed by atoms with Crippen molar-refractivity contribution in [2.45, 2.75) is 44.9 Å². The lowest BCUT2D eigenvalue weighted by atomic mass is 9.89. The number of anilines is 1. The van der Waals surface area contributed by atoms with E-state index in [-0.39, 0.29) is 23.2 Å². The molecule has 0 radical (unpaired) electrons. The minimum atomic E-state index is -0.517. The number of benzene rings is 1. The molecule has 1 N–H and O–H groups in total. The molecule has 3 rings (SSSR count). The molecule has 1 aromatic carbocycles. The second-order valence-electron chi connectivity index (χ2n) is 5.99. The van der Waals surface area contributed by atoms with Crippen molar-refractivity contribution in [1.82, 2.24) is 10.2 Å². The first-order chi connectivity index (χ1) is 11.5. The Labute approximate surface area is 138 Å². The lowest BCUT2D eigenvalue weighted by Crippen LogP contribution is -2.12. The molecule has 1 heterocycles. The van der Waals surface area contributed by atoms with Crippen LogP contribution >= 0.6 is 0 Å². The van der Waals surface area contributed by atoms with E-state index in [1.165, 1.54) is 24.6 Å². The van der Waals surface area contributed by atoms with Crippen LogP contribution in [0.3, 0.4) is 0 Å². The molecule has 1 aromatic heterocycles. The van der Waals surface area contributed by atoms with Crippen LogP contribution in [-0.4, -0.2) is 21.0 Å². The molecule has 1 saturated carbocycles. The molecule has 1 aliphatic rings. The minimum Gasteiger partial charge on any atom is -0.408 e. The highest BCUT2D eigenvalue weighted by molar-refractivity contribution is 6.03. The van der Waals surface area contributed by atoms with Gasteiger partial charge in [-0.1, -0.05) is 30.4 Å². The summed E-state index contributed by atoms with van der Waals surface area (Å²) in [5.74, 6) is 0.272. The van der Waals surface area contributed by atoms with Gasteiger partial charge < -0.3 is 4.42 Å². The lowest BCUT2D eigenvalue weighted by molar-refractivity contribution is -0.385. The summed E-state index contributed by atoms with van der Waals surface area (Å²) in [7, 11) is 0. The summed E-state index contributed by atoms with van der Waals surface area (Å²) in [6, 6.07) is 4.32. The van der Waals surface area contributed by atoms with E-state index in [0.29, 0.717) is 11.5 Å². The van der Waals surface area contributed by atoms with Gasteiger partial charge in [0.1, 0.15) is 0 Å². The maximum Gasteiger partial charge on any atom is 0.322 e. The van der Waals surface area contributed by atoms with Crippen molar-refractivity contribution in [2.75, 3.05) is 5.32 Å². The van der Waals surface area contributed by atoms with Crippen LogP contribution in [0, 0.1) is 17.0 Å². The number of nitrogens with one attached hydrogen (secondary N) is 1. The Morgan fingerprint density at radius 2 is 2.04 bits per heavy atom. The molecule has 0 aliphatic heterocycles. The van der Waals surface area contributed by atoms with E-state index in [1.54, 1.807) is 6.92 Å². The molecule has 24 heavy (non-hydrogen) atoms. The summed E-state index contributed by atoms with van der Waals surface area (Å²) in [6.45, 7) is 1.62. The summed E-state index contributed by atoms with van der Waals surface area (Å²) in [4.78, 5) is 22.7. The zero-order valence-electron chi connectivity index (χ0n) is 13.3. The second kappa shape index (κ2) is 6.77. The van der Waals surface area contributed by atoms with Crippen LogP contribution in [0.15, 0.2) is 22.6 Å². The molecule has 0 unspecified atom stereocenters. The second-order valence-corrected chi connectivity index (χ2v) is 5.99. The molecule has 126 valence electrons. The van der Waals surface area contributed by atoms with Crippen molar-refractivity contribution in [2.24, 2.45) is 0 Å². The third-order valence-electron chi connectivity index (χ3n) is 4.28. The van der Waals surface area contributed by atoms with Gasteiger partial charge in [0.05, 0.1) is 4.92 Å². The Hall–Kier alpha value is -2.77. The molecule has 2 aromatic rings. The highest BCUT2D eigenvalue weighted by Gasteiger charge is 2.22. The third-order valence-corrected chi connectivity index (χ3v) is 4.28. The number of hydrogen-bond donors (Lipinski definition) is 1. The normalized spacial score (nSPS) is 15.2. The van der Waals surface area contributed by atoms with Gasteiger partial charge >= 0.3 is 6.01 Å². The van der Waals surface area contributed by atoms with E-state index in [9.17, 15) is 14.9 Å². The van der Waals surface area contributed by atoms with Gasteiger partial charge in [-0.15, -0.1) is 5.10 Å². The highest BCUT2D eigenvalue weighted by Crippen LogP contribution is 2.32. The molecule has 1 aliphatic carbocycles. The van der Waals surface area contributed by atoms with Crippen molar-refractivity contribution in [3.05, 3.63) is 45.3 Å². The number of hydrogen-bond acceptors (Lipinski definition) is 6. The van der Waals surface area contributed by atoms with Crippen molar-refractivity contribution in [1.29, 1.82) is 0 Å². The molecule has 0 bridgehead atoms. The first kappa shape index (κ1) is 16.1. The SMILES string of the molecule is Cc1ccc(C(=O)Nc2nnc(C3CCCCC3)o2)cc1[N+](=O)[O-]. The number of rotatable bonds is 4.